The molecule has 2 N–H and O–H groups in total. The summed E-state index contributed by atoms with van der Waals surface area (Å²) in [5.74, 6) is 0.0377. The lowest BCUT2D eigenvalue weighted by atomic mass is 9.85. The molecule has 2 saturated carbocycles. The van der Waals surface area contributed by atoms with Gasteiger partial charge in [0, 0.05) is 25.0 Å². The molecule has 0 aliphatic heterocycles. The highest BCUT2D eigenvalue weighted by atomic mass is 16.4. The first-order valence-electron chi connectivity index (χ1n) is 6.83. The number of carboxylic acid groups (broad SMARTS) is 1. The Morgan fingerprint density at radius 1 is 1.33 bits per heavy atom. The van der Waals surface area contributed by atoms with Crippen molar-refractivity contribution in [2.75, 3.05) is 13.1 Å². The minimum absolute atomic E-state index is 0.0884. The zero-order chi connectivity index (χ0) is 13.1. The zero-order valence-corrected chi connectivity index (χ0v) is 10.9. The molecule has 2 rings (SSSR count). The summed E-state index contributed by atoms with van der Waals surface area (Å²) in [6.45, 7) is 2.89. The molecule has 2 fully saturated rings. The molecular weight excluding hydrogens is 232 g/mol. The van der Waals surface area contributed by atoms with E-state index in [-0.39, 0.29) is 18.5 Å². The van der Waals surface area contributed by atoms with E-state index in [9.17, 15) is 9.59 Å². The molecule has 5 nitrogen and oxygen atoms in total. The molecule has 1 amide bonds. The van der Waals surface area contributed by atoms with Crippen LogP contribution in [-0.4, -0.2) is 47.1 Å². The van der Waals surface area contributed by atoms with E-state index in [0.717, 1.165) is 19.4 Å². The predicted octanol–water partition coefficient (Wildman–Crippen LogP) is 0.840. The molecule has 0 aromatic rings. The summed E-state index contributed by atoms with van der Waals surface area (Å²) in [6.07, 6.45) is 4.78. The van der Waals surface area contributed by atoms with Crippen molar-refractivity contribution in [3.05, 3.63) is 0 Å². The standard InChI is InChI=1S/C13H22N2O3/c1-2-12(16)14-10-5-11(6-10)15(8-13(17)18)7-9-3-4-9/h9-11H,2-8H2,1H3,(H,14,16)(H,17,18). The van der Waals surface area contributed by atoms with Crippen molar-refractivity contribution in [2.45, 2.75) is 51.1 Å². The molecule has 2 aliphatic rings. The topological polar surface area (TPSA) is 69.6 Å². The summed E-state index contributed by atoms with van der Waals surface area (Å²) in [7, 11) is 0. The second kappa shape index (κ2) is 5.69. The van der Waals surface area contributed by atoms with Gasteiger partial charge < -0.3 is 10.4 Å². The van der Waals surface area contributed by atoms with Gasteiger partial charge in [0.25, 0.3) is 0 Å². The average molecular weight is 254 g/mol. The van der Waals surface area contributed by atoms with E-state index >= 15 is 0 Å². The van der Waals surface area contributed by atoms with Crippen LogP contribution in [0.2, 0.25) is 0 Å². The first-order chi connectivity index (χ1) is 8.58. The lowest BCUT2D eigenvalue weighted by Gasteiger charge is -2.42. The Kier molecular flexibility index (Phi) is 4.22. The third-order valence-corrected chi connectivity index (χ3v) is 3.84. The maximum atomic E-state index is 11.2. The third kappa shape index (κ3) is 3.70. The lowest BCUT2D eigenvalue weighted by molar-refractivity contribution is -0.140. The molecule has 2 aliphatic carbocycles. The summed E-state index contributed by atoms with van der Waals surface area (Å²) in [6, 6.07) is 0.585. The van der Waals surface area contributed by atoms with Gasteiger partial charge in [-0.2, -0.15) is 0 Å². The van der Waals surface area contributed by atoms with E-state index in [4.69, 9.17) is 5.11 Å². The fourth-order valence-corrected chi connectivity index (χ4v) is 2.48. The van der Waals surface area contributed by atoms with Crippen molar-refractivity contribution >= 4 is 11.9 Å². The second-order valence-corrected chi connectivity index (χ2v) is 5.51. The summed E-state index contributed by atoms with van der Waals surface area (Å²) in [5.41, 5.74) is 0. The van der Waals surface area contributed by atoms with Gasteiger partial charge in [0.1, 0.15) is 0 Å². The first kappa shape index (κ1) is 13.3. The number of nitrogens with zero attached hydrogens (tertiary/aromatic N) is 1. The third-order valence-electron chi connectivity index (χ3n) is 3.84. The molecule has 102 valence electrons. The molecule has 0 spiro atoms. The highest BCUT2D eigenvalue weighted by Crippen LogP contribution is 2.33. The van der Waals surface area contributed by atoms with Crippen molar-refractivity contribution in [3.8, 4) is 0 Å². The van der Waals surface area contributed by atoms with Gasteiger partial charge in [-0.25, -0.2) is 0 Å². The number of carboxylic acids is 1. The molecule has 0 unspecified atom stereocenters. The Hall–Kier alpha value is -1.10. The Bertz CT molecular complexity index is 322. The van der Waals surface area contributed by atoms with Crippen molar-refractivity contribution in [1.29, 1.82) is 0 Å². The van der Waals surface area contributed by atoms with Crippen LogP contribution in [0.15, 0.2) is 0 Å². The zero-order valence-electron chi connectivity index (χ0n) is 10.9. The highest BCUT2D eigenvalue weighted by Gasteiger charge is 2.37. The predicted molar refractivity (Wildman–Crippen MR) is 67.2 cm³/mol. The minimum Gasteiger partial charge on any atom is -0.480 e. The Labute approximate surface area is 108 Å². The fraction of sp³-hybridized carbons (Fsp3) is 0.846. The number of nitrogens with one attached hydrogen (secondary N) is 1. The molecule has 0 radical (unpaired) electrons. The Morgan fingerprint density at radius 3 is 2.50 bits per heavy atom. The van der Waals surface area contributed by atoms with Gasteiger partial charge in [-0.3, -0.25) is 14.5 Å². The quantitative estimate of drug-likeness (QED) is 0.706. The Morgan fingerprint density at radius 2 is 2.00 bits per heavy atom. The summed E-state index contributed by atoms with van der Waals surface area (Å²) < 4.78 is 0. The molecule has 18 heavy (non-hydrogen) atoms. The average Bonchev–Trinajstić information content (AvgIpc) is 3.04. The van der Waals surface area contributed by atoms with Gasteiger partial charge in [0.2, 0.25) is 5.91 Å². The van der Waals surface area contributed by atoms with Crippen LogP contribution >= 0.6 is 0 Å². The molecule has 0 aromatic carbocycles. The van der Waals surface area contributed by atoms with E-state index in [1.54, 1.807) is 0 Å². The van der Waals surface area contributed by atoms with Crippen molar-refractivity contribution in [2.24, 2.45) is 5.92 Å². The fourth-order valence-electron chi connectivity index (χ4n) is 2.48. The molecule has 0 saturated heterocycles. The number of hydrogen-bond acceptors (Lipinski definition) is 3. The summed E-state index contributed by atoms with van der Waals surface area (Å²) in [5, 5.41) is 11.9. The van der Waals surface area contributed by atoms with Crippen LogP contribution in [0.4, 0.5) is 0 Å². The van der Waals surface area contributed by atoms with Crippen LogP contribution in [0.1, 0.15) is 39.0 Å². The molecule has 0 bridgehead atoms. The van der Waals surface area contributed by atoms with Crippen LogP contribution in [-0.2, 0) is 9.59 Å². The normalized spacial score (nSPS) is 26.8. The van der Waals surface area contributed by atoms with Crippen LogP contribution in [0.25, 0.3) is 0 Å². The van der Waals surface area contributed by atoms with E-state index in [0.29, 0.717) is 18.4 Å². The molecule has 0 heterocycles. The van der Waals surface area contributed by atoms with Gasteiger partial charge in [-0.15, -0.1) is 0 Å². The van der Waals surface area contributed by atoms with Gasteiger partial charge in [0.15, 0.2) is 0 Å². The van der Waals surface area contributed by atoms with Crippen LogP contribution < -0.4 is 5.32 Å². The Balaban J connectivity index is 1.75. The van der Waals surface area contributed by atoms with Crippen LogP contribution in [0.3, 0.4) is 0 Å². The highest BCUT2D eigenvalue weighted by molar-refractivity contribution is 5.76. The smallest absolute Gasteiger partial charge is 0.317 e. The number of aliphatic carboxylic acids is 1. The molecular formula is C13H22N2O3. The monoisotopic (exact) mass is 254 g/mol. The number of carbonyl (C=O) groups is 2. The number of carbonyl (C=O) groups excluding carboxylic acids is 1. The van der Waals surface area contributed by atoms with Gasteiger partial charge in [-0.05, 0) is 31.6 Å². The molecule has 0 atom stereocenters. The maximum absolute atomic E-state index is 11.2. The van der Waals surface area contributed by atoms with E-state index < -0.39 is 5.97 Å². The van der Waals surface area contributed by atoms with E-state index in [2.05, 4.69) is 10.2 Å². The minimum atomic E-state index is -0.753. The van der Waals surface area contributed by atoms with Crippen molar-refractivity contribution in [3.63, 3.8) is 0 Å². The van der Waals surface area contributed by atoms with Crippen LogP contribution in [0, 0.1) is 5.92 Å². The van der Waals surface area contributed by atoms with Crippen LogP contribution in [0.5, 0.6) is 0 Å². The summed E-state index contributed by atoms with van der Waals surface area (Å²) in [4.78, 5) is 24.2. The number of hydrogen-bond donors (Lipinski definition) is 2. The number of rotatable bonds is 7. The van der Waals surface area contributed by atoms with Gasteiger partial charge >= 0.3 is 5.97 Å². The van der Waals surface area contributed by atoms with E-state index in [1.807, 2.05) is 6.92 Å². The van der Waals surface area contributed by atoms with Gasteiger partial charge in [-0.1, -0.05) is 6.92 Å². The first-order valence-corrected chi connectivity index (χ1v) is 6.83. The molecule has 5 heteroatoms. The number of amides is 1. The largest absolute Gasteiger partial charge is 0.480 e. The van der Waals surface area contributed by atoms with Crippen molar-refractivity contribution < 1.29 is 14.7 Å². The second-order valence-electron chi connectivity index (χ2n) is 5.51. The molecule has 0 aromatic heterocycles. The summed E-state index contributed by atoms with van der Waals surface area (Å²) >= 11 is 0. The van der Waals surface area contributed by atoms with E-state index in [1.165, 1.54) is 12.8 Å². The lowest BCUT2D eigenvalue weighted by Crippen LogP contribution is -2.55. The maximum Gasteiger partial charge on any atom is 0.317 e. The van der Waals surface area contributed by atoms with Crippen molar-refractivity contribution in [1.82, 2.24) is 10.2 Å². The SMILES string of the molecule is CCC(=O)NC1CC(N(CC(=O)O)CC2CC2)C1. The van der Waals surface area contributed by atoms with Gasteiger partial charge in [0.05, 0.1) is 6.54 Å².